The zero-order valence-corrected chi connectivity index (χ0v) is 12.9. The Morgan fingerprint density at radius 3 is 2.74 bits per heavy atom. The first kappa shape index (κ1) is 16.3. The SMILES string of the molecule is CCC(C)(CCO)NC(=O)CSc1ccccc1Cl. The molecule has 0 saturated heterocycles. The zero-order chi connectivity index (χ0) is 14.3. The molecule has 0 aliphatic heterocycles. The second-order valence-electron chi connectivity index (χ2n) is 4.66. The molecule has 19 heavy (non-hydrogen) atoms. The standard InChI is InChI=1S/C14H20ClNO2S/c1-3-14(2,8-9-17)16-13(18)10-19-12-7-5-4-6-11(12)15/h4-7,17H,3,8-10H2,1-2H3,(H,16,18). The van der Waals surface area contributed by atoms with Crippen molar-refractivity contribution in [2.75, 3.05) is 12.4 Å². The van der Waals surface area contributed by atoms with Crippen LogP contribution < -0.4 is 5.32 Å². The molecule has 1 rings (SSSR count). The summed E-state index contributed by atoms with van der Waals surface area (Å²) in [5.41, 5.74) is -0.340. The van der Waals surface area contributed by atoms with Gasteiger partial charge in [0.05, 0.1) is 10.8 Å². The molecule has 0 aromatic heterocycles. The van der Waals surface area contributed by atoms with E-state index >= 15 is 0 Å². The van der Waals surface area contributed by atoms with Gasteiger partial charge in [-0.05, 0) is 31.9 Å². The van der Waals surface area contributed by atoms with Crippen molar-refractivity contribution in [2.45, 2.75) is 37.1 Å². The number of benzene rings is 1. The number of rotatable bonds is 7. The van der Waals surface area contributed by atoms with Gasteiger partial charge in [0.2, 0.25) is 5.91 Å². The van der Waals surface area contributed by atoms with Crippen LogP contribution in [-0.4, -0.2) is 28.9 Å². The van der Waals surface area contributed by atoms with E-state index in [0.29, 0.717) is 17.2 Å². The van der Waals surface area contributed by atoms with E-state index < -0.39 is 0 Å². The molecule has 0 fully saturated rings. The lowest BCUT2D eigenvalue weighted by molar-refractivity contribution is -0.120. The second kappa shape index (κ2) is 7.78. The zero-order valence-electron chi connectivity index (χ0n) is 11.3. The summed E-state index contributed by atoms with van der Waals surface area (Å²) < 4.78 is 0. The number of hydrogen-bond donors (Lipinski definition) is 2. The molecule has 0 aliphatic rings. The van der Waals surface area contributed by atoms with Crippen molar-refractivity contribution in [3.8, 4) is 0 Å². The average Bonchev–Trinajstić information content (AvgIpc) is 2.38. The number of aliphatic hydroxyl groups excluding tert-OH is 1. The van der Waals surface area contributed by atoms with Crippen molar-refractivity contribution in [3.63, 3.8) is 0 Å². The summed E-state index contributed by atoms with van der Waals surface area (Å²) in [6, 6.07) is 7.46. The van der Waals surface area contributed by atoms with Gasteiger partial charge in [0.15, 0.2) is 0 Å². The van der Waals surface area contributed by atoms with Crippen LogP contribution in [-0.2, 0) is 4.79 Å². The minimum absolute atomic E-state index is 0.0391. The number of thioether (sulfide) groups is 1. The number of nitrogens with one attached hydrogen (secondary N) is 1. The van der Waals surface area contributed by atoms with Gasteiger partial charge < -0.3 is 10.4 Å². The molecule has 0 aliphatic carbocycles. The molecule has 1 aromatic carbocycles. The molecular weight excluding hydrogens is 282 g/mol. The Morgan fingerprint density at radius 1 is 1.47 bits per heavy atom. The molecule has 0 saturated carbocycles. The highest BCUT2D eigenvalue weighted by molar-refractivity contribution is 8.00. The van der Waals surface area contributed by atoms with Crippen LogP contribution in [0.25, 0.3) is 0 Å². The van der Waals surface area contributed by atoms with E-state index in [1.54, 1.807) is 0 Å². The highest BCUT2D eigenvalue weighted by Crippen LogP contribution is 2.26. The molecule has 0 spiro atoms. The van der Waals surface area contributed by atoms with Gasteiger partial charge in [-0.3, -0.25) is 4.79 Å². The highest BCUT2D eigenvalue weighted by atomic mass is 35.5. The monoisotopic (exact) mass is 301 g/mol. The van der Waals surface area contributed by atoms with Gasteiger partial charge >= 0.3 is 0 Å². The third kappa shape index (κ3) is 5.43. The quantitative estimate of drug-likeness (QED) is 0.761. The number of carbonyl (C=O) groups excluding carboxylic acids is 1. The molecule has 1 atom stereocenters. The van der Waals surface area contributed by atoms with Crippen LogP contribution in [0, 0.1) is 0 Å². The van der Waals surface area contributed by atoms with Crippen molar-refractivity contribution in [1.82, 2.24) is 5.32 Å². The van der Waals surface area contributed by atoms with Gasteiger partial charge in [0.1, 0.15) is 0 Å². The summed E-state index contributed by atoms with van der Waals surface area (Å²) >= 11 is 7.45. The predicted molar refractivity (Wildman–Crippen MR) is 80.7 cm³/mol. The minimum atomic E-state index is -0.340. The van der Waals surface area contributed by atoms with Gasteiger partial charge in [-0.1, -0.05) is 30.7 Å². The molecule has 0 heterocycles. The molecule has 0 radical (unpaired) electrons. The topological polar surface area (TPSA) is 49.3 Å². The number of carbonyl (C=O) groups is 1. The summed E-state index contributed by atoms with van der Waals surface area (Å²) in [6.45, 7) is 4.01. The van der Waals surface area contributed by atoms with Gasteiger partial charge in [0, 0.05) is 17.0 Å². The fourth-order valence-corrected chi connectivity index (χ4v) is 2.69. The van der Waals surface area contributed by atoms with Crippen LogP contribution in [0.5, 0.6) is 0 Å². The molecular formula is C14H20ClNO2S. The van der Waals surface area contributed by atoms with Crippen molar-refractivity contribution in [3.05, 3.63) is 29.3 Å². The van der Waals surface area contributed by atoms with Gasteiger partial charge in [-0.2, -0.15) is 0 Å². The highest BCUT2D eigenvalue weighted by Gasteiger charge is 2.23. The minimum Gasteiger partial charge on any atom is -0.396 e. The first-order valence-corrected chi connectivity index (χ1v) is 7.66. The van der Waals surface area contributed by atoms with Crippen LogP contribution in [0.3, 0.4) is 0 Å². The number of amides is 1. The lowest BCUT2D eigenvalue weighted by atomic mass is 9.95. The fraction of sp³-hybridized carbons (Fsp3) is 0.500. The van der Waals surface area contributed by atoms with E-state index in [2.05, 4.69) is 5.32 Å². The molecule has 0 bridgehead atoms. The average molecular weight is 302 g/mol. The lowest BCUT2D eigenvalue weighted by Crippen LogP contribution is -2.46. The lowest BCUT2D eigenvalue weighted by Gasteiger charge is -2.28. The summed E-state index contributed by atoms with van der Waals surface area (Å²) in [5, 5.41) is 12.6. The molecule has 3 nitrogen and oxygen atoms in total. The number of halogens is 1. The van der Waals surface area contributed by atoms with Crippen molar-refractivity contribution in [2.24, 2.45) is 0 Å². The second-order valence-corrected chi connectivity index (χ2v) is 6.08. The molecule has 1 unspecified atom stereocenters. The van der Waals surface area contributed by atoms with Crippen LogP contribution in [0.4, 0.5) is 0 Å². The third-order valence-corrected chi connectivity index (χ3v) is 4.60. The smallest absolute Gasteiger partial charge is 0.230 e. The van der Waals surface area contributed by atoms with Crippen LogP contribution >= 0.6 is 23.4 Å². The summed E-state index contributed by atoms with van der Waals surface area (Å²) in [6.07, 6.45) is 1.35. The first-order valence-electron chi connectivity index (χ1n) is 6.30. The van der Waals surface area contributed by atoms with Crippen LogP contribution in [0.2, 0.25) is 5.02 Å². The Labute approximate surface area is 123 Å². The van der Waals surface area contributed by atoms with Crippen molar-refractivity contribution in [1.29, 1.82) is 0 Å². The van der Waals surface area contributed by atoms with E-state index in [-0.39, 0.29) is 18.1 Å². The van der Waals surface area contributed by atoms with Crippen LogP contribution in [0.15, 0.2) is 29.2 Å². The van der Waals surface area contributed by atoms with E-state index in [0.717, 1.165) is 11.3 Å². The summed E-state index contributed by atoms with van der Waals surface area (Å²) in [4.78, 5) is 12.8. The largest absolute Gasteiger partial charge is 0.396 e. The number of hydrogen-bond acceptors (Lipinski definition) is 3. The molecule has 5 heteroatoms. The van der Waals surface area contributed by atoms with E-state index in [1.165, 1.54) is 11.8 Å². The summed E-state index contributed by atoms with van der Waals surface area (Å²) in [5.74, 6) is 0.285. The van der Waals surface area contributed by atoms with Gasteiger partial charge in [-0.25, -0.2) is 0 Å². The fourth-order valence-electron chi connectivity index (χ4n) is 1.65. The van der Waals surface area contributed by atoms with Crippen molar-refractivity contribution >= 4 is 29.3 Å². The van der Waals surface area contributed by atoms with E-state index in [1.807, 2.05) is 38.1 Å². The third-order valence-electron chi connectivity index (χ3n) is 3.08. The van der Waals surface area contributed by atoms with Gasteiger partial charge in [-0.15, -0.1) is 11.8 Å². The number of aliphatic hydroxyl groups is 1. The normalized spacial score (nSPS) is 13.9. The maximum atomic E-state index is 11.9. The van der Waals surface area contributed by atoms with E-state index in [4.69, 9.17) is 16.7 Å². The maximum absolute atomic E-state index is 11.9. The Kier molecular flexibility index (Phi) is 6.69. The molecule has 106 valence electrons. The van der Waals surface area contributed by atoms with E-state index in [9.17, 15) is 4.79 Å². The molecule has 1 aromatic rings. The molecule has 1 amide bonds. The first-order chi connectivity index (χ1) is 9.00. The van der Waals surface area contributed by atoms with Gasteiger partial charge in [0.25, 0.3) is 0 Å². The summed E-state index contributed by atoms with van der Waals surface area (Å²) in [7, 11) is 0. The van der Waals surface area contributed by atoms with Crippen LogP contribution in [0.1, 0.15) is 26.7 Å². The Bertz CT molecular complexity index is 428. The predicted octanol–water partition coefficient (Wildman–Crippen LogP) is 3.10. The Morgan fingerprint density at radius 2 is 2.16 bits per heavy atom. The van der Waals surface area contributed by atoms with Crippen molar-refractivity contribution < 1.29 is 9.90 Å². The maximum Gasteiger partial charge on any atom is 0.230 e. The Hall–Kier alpha value is -0.710. The Balaban J connectivity index is 2.50. The molecule has 2 N–H and O–H groups in total.